The first-order valence-corrected chi connectivity index (χ1v) is 4.57. The van der Waals surface area contributed by atoms with Crippen molar-refractivity contribution in [1.29, 1.82) is 0 Å². The van der Waals surface area contributed by atoms with Crippen molar-refractivity contribution in [2.75, 3.05) is 13.7 Å². The van der Waals surface area contributed by atoms with E-state index >= 15 is 0 Å². The highest BCUT2D eigenvalue weighted by Gasteiger charge is 2.00. The van der Waals surface area contributed by atoms with Crippen LogP contribution in [0.25, 0.3) is 5.70 Å². The van der Waals surface area contributed by atoms with Gasteiger partial charge in [0, 0.05) is 12.6 Å². The lowest BCUT2D eigenvalue weighted by atomic mass is 10.1. The van der Waals surface area contributed by atoms with Crippen LogP contribution in [-0.4, -0.2) is 26.2 Å². The van der Waals surface area contributed by atoms with E-state index in [9.17, 15) is 4.39 Å². The molecule has 0 unspecified atom stereocenters. The monoisotopic (exact) mass is 204 g/mol. The highest BCUT2D eigenvalue weighted by molar-refractivity contribution is 6.01. The van der Waals surface area contributed by atoms with E-state index < -0.39 is 6.67 Å². The van der Waals surface area contributed by atoms with E-state index in [1.165, 1.54) is 0 Å². The molecule has 0 aliphatic carbocycles. The molecule has 1 aromatic rings. The third-order valence-corrected chi connectivity index (χ3v) is 1.97. The quantitative estimate of drug-likeness (QED) is 0.674. The van der Waals surface area contributed by atoms with Gasteiger partial charge in [-0.15, -0.1) is 0 Å². The van der Waals surface area contributed by atoms with Gasteiger partial charge in [0.1, 0.15) is 6.67 Å². The molecule has 0 bridgehead atoms. The predicted octanol–water partition coefficient (Wildman–Crippen LogP) is 2.77. The summed E-state index contributed by atoms with van der Waals surface area (Å²) < 4.78 is 12.4. The molecule has 1 aromatic carbocycles. The highest BCUT2D eigenvalue weighted by atomic mass is 19.1. The minimum Gasteiger partial charge on any atom is -0.290 e. The van der Waals surface area contributed by atoms with Gasteiger partial charge in [-0.05, 0) is 12.8 Å². The summed E-state index contributed by atoms with van der Waals surface area (Å²) in [6.45, 7) is 2.87. The average molecular weight is 204 g/mol. The Balaban J connectivity index is 3.04. The van der Waals surface area contributed by atoms with E-state index in [0.29, 0.717) is 11.4 Å². The minimum atomic E-state index is -0.595. The summed E-state index contributed by atoms with van der Waals surface area (Å²) in [5, 5.41) is 0. The molecule has 0 aromatic heterocycles. The molecule has 15 heavy (non-hydrogen) atoms. The Morgan fingerprint density at radius 1 is 1.40 bits per heavy atom. The first-order chi connectivity index (χ1) is 7.31. The fourth-order valence-electron chi connectivity index (χ4n) is 1.15. The van der Waals surface area contributed by atoms with Gasteiger partial charge in [0.15, 0.2) is 0 Å². The van der Waals surface area contributed by atoms with Crippen LogP contribution in [0.3, 0.4) is 0 Å². The van der Waals surface area contributed by atoms with Crippen LogP contribution in [0, 0.1) is 0 Å². The van der Waals surface area contributed by atoms with Crippen LogP contribution >= 0.6 is 0 Å². The zero-order chi connectivity index (χ0) is 11.1. The van der Waals surface area contributed by atoms with Crippen molar-refractivity contribution >= 4 is 18.1 Å². The van der Waals surface area contributed by atoms with Gasteiger partial charge in [-0.3, -0.25) is 9.98 Å². The number of alkyl halides is 1. The number of halogens is 1. The second kappa shape index (κ2) is 5.86. The molecule has 1 rings (SSSR count). The maximum atomic E-state index is 12.4. The minimum absolute atomic E-state index is 0.362. The molecule has 0 N–H and O–H groups in total. The highest BCUT2D eigenvalue weighted by Crippen LogP contribution is 2.14. The topological polar surface area (TPSA) is 24.7 Å². The summed E-state index contributed by atoms with van der Waals surface area (Å²) in [6.07, 6.45) is 1.60. The molecule has 0 heterocycles. The lowest BCUT2D eigenvalue weighted by Gasteiger charge is -2.01. The summed E-state index contributed by atoms with van der Waals surface area (Å²) in [5.41, 5.74) is 1.90. The molecule has 0 atom stereocenters. The van der Waals surface area contributed by atoms with E-state index in [0.717, 1.165) is 5.56 Å². The average Bonchev–Trinajstić information content (AvgIpc) is 2.32. The van der Waals surface area contributed by atoms with Crippen LogP contribution in [0.4, 0.5) is 4.39 Å². The predicted molar refractivity (Wildman–Crippen MR) is 63.3 cm³/mol. The van der Waals surface area contributed by atoms with E-state index in [4.69, 9.17) is 0 Å². The standard InChI is InChI=1S/C12H13FN2/c1-14-11(9-13)8-12(15-2)10-6-4-3-5-7-10/h3-8H,2,9H2,1H3/b12-8-,14-11?. The van der Waals surface area contributed by atoms with Gasteiger partial charge in [-0.2, -0.15) is 0 Å². The third kappa shape index (κ3) is 3.13. The maximum Gasteiger partial charge on any atom is 0.131 e. The number of nitrogens with zero attached hydrogens (tertiary/aromatic N) is 2. The summed E-state index contributed by atoms with van der Waals surface area (Å²) in [7, 11) is 1.55. The smallest absolute Gasteiger partial charge is 0.131 e. The van der Waals surface area contributed by atoms with Crippen LogP contribution in [0.2, 0.25) is 0 Å². The molecule has 0 saturated carbocycles. The molecule has 2 nitrogen and oxygen atoms in total. The third-order valence-electron chi connectivity index (χ3n) is 1.97. The Morgan fingerprint density at radius 3 is 2.53 bits per heavy atom. The molecule has 0 amide bonds. The normalized spacial score (nSPS) is 12.7. The van der Waals surface area contributed by atoms with Crippen molar-refractivity contribution in [2.24, 2.45) is 9.98 Å². The first-order valence-electron chi connectivity index (χ1n) is 4.57. The second-order valence-corrected chi connectivity index (χ2v) is 2.90. The van der Waals surface area contributed by atoms with E-state index in [2.05, 4.69) is 16.7 Å². The number of hydrogen-bond donors (Lipinski definition) is 0. The molecule has 3 heteroatoms. The molecular formula is C12H13FN2. The van der Waals surface area contributed by atoms with Crippen molar-refractivity contribution in [3.63, 3.8) is 0 Å². The van der Waals surface area contributed by atoms with Crippen LogP contribution in [-0.2, 0) is 0 Å². The van der Waals surface area contributed by atoms with Gasteiger partial charge in [0.2, 0.25) is 0 Å². The van der Waals surface area contributed by atoms with Gasteiger partial charge in [-0.25, -0.2) is 4.39 Å². The number of hydrogen-bond acceptors (Lipinski definition) is 2. The molecule has 0 aliphatic rings. The molecular weight excluding hydrogens is 191 g/mol. The van der Waals surface area contributed by atoms with Crippen molar-refractivity contribution in [3.8, 4) is 0 Å². The fourth-order valence-corrected chi connectivity index (χ4v) is 1.15. The van der Waals surface area contributed by atoms with Crippen LogP contribution < -0.4 is 0 Å². The summed E-state index contributed by atoms with van der Waals surface area (Å²) in [4.78, 5) is 7.65. The Morgan fingerprint density at radius 2 is 2.07 bits per heavy atom. The van der Waals surface area contributed by atoms with Crippen LogP contribution in [0.1, 0.15) is 5.56 Å². The number of benzene rings is 1. The van der Waals surface area contributed by atoms with Crippen molar-refractivity contribution in [3.05, 3.63) is 42.0 Å². The van der Waals surface area contributed by atoms with Gasteiger partial charge < -0.3 is 0 Å². The molecule has 0 aliphatic heterocycles. The second-order valence-electron chi connectivity index (χ2n) is 2.90. The van der Waals surface area contributed by atoms with Gasteiger partial charge in [0.25, 0.3) is 0 Å². The van der Waals surface area contributed by atoms with Gasteiger partial charge >= 0.3 is 0 Å². The van der Waals surface area contributed by atoms with E-state index in [-0.39, 0.29) is 0 Å². The Labute approximate surface area is 88.9 Å². The van der Waals surface area contributed by atoms with Crippen LogP contribution in [0.5, 0.6) is 0 Å². The van der Waals surface area contributed by atoms with Gasteiger partial charge in [0.05, 0.1) is 11.4 Å². The van der Waals surface area contributed by atoms with E-state index in [1.807, 2.05) is 30.3 Å². The summed E-state index contributed by atoms with van der Waals surface area (Å²) >= 11 is 0. The summed E-state index contributed by atoms with van der Waals surface area (Å²) in [6, 6.07) is 9.49. The molecule has 0 fully saturated rings. The SMILES string of the molecule is C=N/C(=C\C(CF)=NC)c1ccccc1. The lowest BCUT2D eigenvalue weighted by Crippen LogP contribution is -1.97. The molecule has 0 spiro atoms. The Kier molecular flexibility index (Phi) is 4.41. The Hall–Kier alpha value is -1.77. The van der Waals surface area contributed by atoms with Gasteiger partial charge in [-0.1, -0.05) is 30.3 Å². The Bertz CT molecular complexity index is 380. The van der Waals surface area contributed by atoms with Crippen molar-refractivity contribution < 1.29 is 4.39 Å². The molecule has 0 saturated heterocycles. The lowest BCUT2D eigenvalue weighted by molar-refractivity contribution is 0.582. The van der Waals surface area contributed by atoms with Crippen LogP contribution in [0.15, 0.2) is 46.4 Å². The van der Waals surface area contributed by atoms with Crippen molar-refractivity contribution in [1.82, 2.24) is 0 Å². The largest absolute Gasteiger partial charge is 0.290 e. The zero-order valence-electron chi connectivity index (χ0n) is 8.65. The van der Waals surface area contributed by atoms with E-state index in [1.54, 1.807) is 13.1 Å². The molecule has 0 radical (unpaired) electrons. The zero-order valence-corrected chi connectivity index (χ0v) is 8.65. The maximum absolute atomic E-state index is 12.4. The number of rotatable bonds is 4. The molecule has 78 valence electrons. The number of allylic oxidation sites excluding steroid dienone is 1. The van der Waals surface area contributed by atoms with Crippen molar-refractivity contribution in [2.45, 2.75) is 0 Å². The number of aliphatic imine (C=N–C) groups is 2. The fraction of sp³-hybridized carbons (Fsp3) is 0.167. The first kappa shape index (κ1) is 11.3. The summed E-state index contributed by atoms with van der Waals surface area (Å²) in [5.74, 6) is 0.